The summed E-state index contributed by atoms with van der Waals surface area (Å²) in [7, 11) is 4.52. The van der Waals surface area contributed by atoms with Crippen LogP contribution < -0.4 is 19.5 Å². The van der Waals surface area contributed by atoms with Gasteiger partial charge in [-0.05, 0) is 53.2 Å². The van der Waals surface area contributed by atoms with Crippen molar-refractivity contribution in [2.75, 3.05) is 26.6 Å². The average Bonchev–Trinajstić information content (AvgIpc) is 3.31. The van der Waals surface area contributed by atoms with Crippen LogP contribution in [0.4, 0.5) is 5.69 Å². The van der Waals surface area contributed by atoms with E-state index < -0.39 is 0 Å². The summed E-state index contributed by atoms with van der Waals surface area (Å²) in [6, 6.07) is 20.5. The zero-order chi connectivity index (χ0) is 24.5. The third-order valence-corrected chi connectivity index (χ3v) is 6.36. The number of halogens is 1. The highest BCUT2D eigenvalue weighted by atomic mass is 79.9. The van der Waals surface area contributed by atoms with Crippen LogP contribution in [0.25, 0.3) is 33.3 Å². The molecule has 5 rings (SSSR count). The molecule has 4 aromatic carbocycles. The van der Waals surface area contributed by atoms with E-state index in [2.05, 4.69) is 21.2 Å². The number of fused-ring (bicyclic) bond motifs is 2. The second kappa shape index (κ2) is 9.31. The summed E-state index contributed by atoms with van der Waals surface area (Å²) in [5, 5.41) is 5.00. The highest BCUT2D eigenvalue weighted by molar-refractivity contribution is 9.10. The Morgan fingerprint density at radius 2 is 1.60 bits per heavy atom. The first kappa shape index (κ1) is 22.7. The summed E-state index contributed by atoms with van der Waals surface area (Å²) in [5.41, 5.74) is 3.09. The number of anilines is 1. The first-order valence-electron chi connectivity index (χ1n) is 10.7. The fourth-order valence-corrected chi connectivity index (χ4v) is 4.49. The Labute approximate surface area is 209 Å². The van der Waals surface area contributed by atoms with E-state index in [1.54, 1.807) is 30.3 Å². The zero-order valence-electron chi connectivity index (χ0n) is 19.2. The number of rotatable bonds is 6. The van der Waals surface area contributed by atoms with Gasteiger partial charge < -0.3 is 23.9 Å². The number of ether oxygens (including phenoxy) is 3. The molecule has 1 aromatic heterocycles. The van der Waals surface area contributed by atoms with Crippen LogP contribution in [0.3, 0.4) is 0 Å². The van der Waals surface area contributed by atoms with Gasteiger partial charge >= 0.3 is 0 Å². The van der Waals surface area contributed by atoms with Gasteiger partial charge in [0.2, 0.25) is 11.6 Å². The van der Waals surface area contributed by atoms with Crippen LogP contribution in [0.5, 0.6) is 17.2 Å². The molecule has 0 unspecified atom stereocenters. The molecule has 1 amide bonds. The fraction of sp³-hybridized carbons (Fsp3) is 0.111. The molecule has 8 heteroatoms. The van der Waals surface area contributed by atoms with E-state index in [9.17, 15) is 4.79 Å². The number of aromatic nitrogens is 1. The number of carbonyl (C=O) groups is 1. The number of hydrogen-bond donors (Lipinski definition) is 1. The molecule has 7 nitrogen and oxygen atoms in total. The molecule has 0 spiro atoms. The monoisotopic (exact) mass is 532 g/mol. The van der Waals surface area contributed by atoms with Gasteiger partial charge in [-0.2, -0.15) is 0 Å². The molecular weight excluding hydrogens is 512 g/mol. The third-order valence-electron chi connectivity index (χ3n) is 5.67. The van der Waals surface area contributed by atoms with Gasteiger partial charge in [-0.15, -0.1) is 0 Å². The molecule has 0 radical (unpaired) electrons. The maximum Gasteiger partial charge on any atom is 0.255 e. The molecule has 0 aliphatic rings. The van der Waals surface area contributed by atoms with Gasteiger partial charge in [0.15, 0.2) is 17.1 Å². The summed E-state index contributed by atoms with van der Waals surface area (Å²) in [5.74, 6) is 1.40. The van der Waals surface area contributed by atoms with Gasteiger partial charge in [0.1, 0.15) is 5.52 Å². The number of benzene rings is 4. The predicted octanol–water partition coefficient (Wildman–Crippen LogP) is 6.69. The lowest BCUT2D eigenvalue weighted by atomic mass is 10.0. The maximum atomic E-state index is 13.0. The lowest BCUT2D eigenvalue weighted by Crippen LogP contribution is -2.12. The van der Waals surface area contributed by atoms with E-state index in [1.165, 1.54) is 21.3 Å². The number of hydrogen-bond acceptors (Lipinski definition) is 6. The molecule has 0 aliphatic carbocycles. The van der Waals surface area contributed by atoms with Crippen LogP contribution in [-0.2, 0) is 0 Å². The third kappa shape index (κ3) is 4.17. The molecule has 0 fully saturated rings. The fourth-order valence-electron chi connectivity index (χ4n) is 3.99. The van der Waals surface area contributed by atoms with Gasteiger partial charge in [-0.3, -0.25) is 4.79 Å². The highest BCUT2D eigenvalue weighted by Gasteiger charge is 2.18. The Balaban J connectivity index is 1.47. The summed E-state index contributed by atoms with van der Waals surface area (Å²) in [6.45, 7) is 0. The average molecular weight is 533 g/mol. The van der Waals surface area contributed by atoms with Crippen LogP contribution in [0.2, 0.25) is 0 Å². The van der Waals surface area contributed by atoms with E-state index in [0.29, 0.717) is 45.5 Å². The predicted molar refractivity (Wildman–Crippen MR) is 139 cm³/mol. The number of oxazole rings is 1. The molecular formula is C27H21BrN2O5. The lowest BCUT2D eigenvalue weighted by molar-refractivity contribution is 0.102. The van der Waals surface area contributed by atoms with Crippen molar-refractivity contribution in [1.82, 2.24) is 4.98 Å². The van der Waals surface area contributed by atoms with Gasteiger partial charge in [0, 0.05) is 21.3 Å². The Morgan fingerprint density at radius 1 is 0.886 bits per heavy atom. The van der Waals surface area contributed by atoms with Crippen molar-refractivity contribution in [3.05, 3.63) is 76.8 Å². The van der Waals surface area contributed by atoms with Crippen molar-refractivity contribution in [2.24, 2.45) is 0 Å². The standard InChI is InChI=1S/C27H21BrN2O5/c1-32-23-12-15(13-24(33-2)25(23)34-3)26(31)29-16-10-11-22-21(14-16)30-27(35-22)19-8-4-7-18-17(19)6-5-9-20(18)28/h4-14H,1-3H3,(H,29,31). The lowest BCUT2D eigenvalue weighted by Gasteiger charge is -2.14. The van der Waals surface area contributed by atoms with Crippen molar-refractivity contribution < 1.29 is 23.4 Å². The van der Waals surface area contributed by atoms with Crippen molar-refractivity contribution in [2.45, 2.75) is 0 Å². The molecule has 0 saturated heterocycles. The second-order valence-corrected chi connectivity index (χ2v) is 8.56. The normalized spacial score (nSPS) is 11.0. The van der Waals surface area contributed by atoms with Gasteiger partial charge in [-0.1, -0.05) is 40.2 Å². The zero-order valence-corrected chi connectivity index (χ0v) is 20.8. The van der Waals surface area contributed by atoms with E-state index in [1.807, 2.05) is 36.4 Å². The number of amides is 1. The molecule has 176 valence electrons. The van der Waals surface area contributed by atoms with E-state index in [-0.39, 0.29) is 5.91 Å². The summed E-state index contributed by atoms with van der Waals surface area (Å²) in [6.07, 6.45) is 0. The van der Waals surface area contributed by atoms with Crippen molar-refractivity contribution in [3.63, 3.8) is 0 Å². The highest BCUT2D eigenvalue weighted by Crippen LogP contribution is 2.38. The topological polar surface area (TPSA) is 82.8 Å². The number of nitrogens with zero attached hydrogens (tertiary/aromatic N) is 1. The number of nitrogens with one attached hydrogen (secondary N) is 1. The summed E-state index contributed by atoms with van der Waals surface area (Å²) in [4.78, 5) is 17.7. The minimum Gasteiger partial charge on any atom is -0.493 e. The molecule has 35 heavy (non-hydrogen) atoms. The largest absolute Gasteiger partial charge is 0.493 e. The van der Waals surface area contributed by atoms with Crippen molar-refractivity contribution in [1.29, 1.82) is 0 Å². The van der Waals surface area contributed by atoms with Crippen LogP contribution in [-0.4, -0.2) is 32.2 Å². The smallest absolute Gasteiger partial charge is 0.255 e. The Kier molecular flexibility index (Phi) is 6.05. The molecule has 1 heterocycles. The maximum absolute atomic E-state index is 13.0. The quantitative estimate of drug-likeness (QED) is 0.262. The van der Waals surface area contributed by atoms with Gasteiger partial charge in [-0.25, -0.2) is 4.98 Å². The van der Waals surface area contributed by atoms with Crippen LogP contribution in [0, 0.1) is 0 Å². The van der Waals surface area contributed by atoms with Crippen molar-refractivity contribution >= 4 is 49.4 Å². The summed E-state index contributed by atoms with van der Waals surface area (Å²) >= 11 is 3.60. The molecule has 0 bridgehead atoms. The Morgan fingerprint density at radius 3 is 2.31 bits per heavy atom. The van der Waals surface area contributed by atoms with E-state index in [4.69, 9.17) is 23.6 Å². The van der Waals surface area contributed by atoms with E-state index in [0.717, 1.165) is 20.8 Å². The van der Waals surface area contributed by atoms with Crippen LogP contribution in [0.1, 0.15) is 10.4 Å². The first-order chi connectivity index (χ1) is 17.0. The Bertz CT molecular complexity index is 1550. The minimum absolute atomic E-state index is 0.328. The SMILES string of the molecule is COc1cc(C(=O)Nc2ccc3oc(-c4cccc5c(Br)cccc45)nc3c2)cc(OC)c1OC. The summed E-state index contributed by atoms with van der Waals surface area (Å²) < 4.78 is 23.1. The van der Waals surface area contributed by atoms with Crippen molar-refractivity contribution in [3.8, 4) is 28.7 Å². The minimum atomic E-state index is -0.328. The van der Waals surface area contributed by atoms with Crippen LogP contribution >= 0.6 is 15.9 Å². The molecule has 0 saturated carbocycles. The Hall–Kier alpha value is -4.04. The molecule has 0 atom stereocenters. The number of carbonyl (C=O) groups excluding carboxylic acids is 1. The number of methoxy groups -OCH3 is 3. The van der Waals surface area contributed by atoms with Gasteiger partial charge in [0.05, 0.1) is 21.3 Å². The van der Waals surface area contributed by atoms with Crippen LogP contribution in [0.15, 0.2) is 75.6 Å². The molecule has 0 aliphatic heterocycles. The molecule has 5 aromatic rings. The molecule has 1 N–H and O–H groups in total. The second-order valence-electron chi connectivity index (χ2n) is 7.71. The van der Waals surface area contributed by atoms with E-state index >= 15 is 0 Å². The first-order valence-corrected chi connectivity index (χ1v) is 11.5. The van der Waals surface area contributed by atoms with Gasteiger partial charge in [0.25, 0.3) is 5.91 Å².